The van der Waals surface area contributed by atoms with Gasteiger partial charge in [0.2, 0.25) is 0 Å². The summed E-state index contributed by atoms with van der Waals surface area (Å²) in [4.78, 5) is 0. The van der Waals surface area contributed by atoms with E-state index in [9.17, 15) is 0 Å². The second-order valence-corrected chi connectivity index (χ2v) is 12.6. The molecular formula is C19H36OSi. The van der Waals surface area contributed by atoms with Crippen molar-refractivity contribution in [2.24, 2.45) is 0 Å². The van der Waals surface area contributed by atoms with Crippen molar-refractivity contribution in [2.45, 2.75) is 90.3 Å². The molecule has 0 atom stereocenters. The zero-order valence-electron chi connectivity index (χ0n) is 15.1. The Kier molecular flexibility index (Phi) is 10.8. The van der Waals surface area contributed by atoms with Gasteiger partial charge in [0.05, 0.1) is 0 Å². The maximum Gasteiger partial charge on any atom is 0.146 e. The molecular weight excluding hydrogens is 272 g/mol. The van der Waals surface area contributed by atoms with Crippen molar-refractivity contribution in [2.75, 3.05) is 6.61 Å². The Morgan fingerprint density at radius 1 is 0.857 bits per heavy atom. The summed E-state index contributed by atoms with van der Waals surface area (Å²) >= 11 is 0. The zero-order valence-corrected chi connectivity index (χ0v) is 16.1. The Morgan fingerprint density at radius 2 is 1.38 bits per heavy atom. The van der Waals surface area contributed by atoms with Gasteiger partial charge in [0.25, 0.3) is 0 Å². The molecule has 0 aromatic carbocycles. The molecule has 0 aromatic heterocycles. The minimum Gasteiger partial charge on any atom is -0.396 e. The molecule has 0 aliphatic heterocycles. The Morgan fingerprint density at radius 3 is 1.86 bits per heavy atom. The van der Waals surface area contributed by atoms with Gasteiger partial charge in [-0.3, -0.25) is 0 Å². The molecule has 122 valence electrons. The number of hydrogen-bond donors (Lipinski definition) is 1. The van der Waals surface area contributed by atoms with Crippen LogP contribution in [0.25, 0.3) is 0 Å². The molecule has 0 rings (SSSR count). The second-order valence-electron chi connectivity index (χ2n) is 7.00. The van der Waals surface area contributed by atoms with Crippen LogP contribution in [-0.2, 0) is 0 Å². The lowest BCUT2D eigenvalue weighted by atomic mass is 10.1. The minimum absolute atomic E-state index is 0.327. The van der Waals surface area contributed by atoms with Crippen LogP contribution in [0.4, 0.5) is 0 Å². The fraction of sp³-hybridized carbons (Fsp3) is 0.789. The van der Waals surface area contributed by atoms with Crippen LogP contribution in [0.3, 0.4) is 0 Å². The second kappa shape index (κ2) is 11.1. The van der Waals surface area contributed by atoms with Crippen LogP contribution < -0.4 is 0 Å². The lowest BCUT2D eigenvalue weighted by Crippen LogP contribution is -2.43. The maximum atomic E-state index is 8.72. The first-order chi connectivity index (χ1) is 9.89. The summed E-state index contributed by atoms with van der Waals surface area (Å²) in [5.41, 5.74) is 5.83. The van der Waals surface area contributed by atoms with E-state index in [-0.39, 0.29) is 0 Å². The van der Waals surface area contributed by atoms with Gasteiger partial charge < -0.3 is 5.11 Å². The summed E-state index contributed by atoms with van der Waals surface area (Å²) in [7, 11) is -1.55. The van der Waals surface area contributed by atoms with Crippen molar-refractivity contribution in [1.82, 2.24) is 0 Å². The summed E-state index contributed by atoms with van der Waals surface area (Å²) in [5.74, 6) is 3.36. The van der Waals surface area contributed by atoms with Gasteiger partial charge in [0, 0.05) is 6.61 Å². The van der Waals surface area contributed by atoms with Gasteiger partial charge in [-0.25, -0.2) is 0 Å². The van der Waals surface area contributed by atoms with E-state index < -0.39 is 8.07 Å². The van der Waals surface area contributed by atoms with Crippen LogP contribution in [0.15, 0.2) is 12.2 Å². The lowest BCUT2D eigenvalue weighted by Gasteiger charge is -2.37. The number of unbranched alkanes of at least 4 members (excludes halogenated alkanes) is 4. The van der Waals surface area contributed by atoms with Gasteiger partial charge in [0.15, 0.2) is 0 Å². The van der Waals surface area contributed by atoms with Crippen LogP contribution >= 0.6 is 0 Å². The molecule has 2 heteroatoms. The molecule has 1 N–H and O–H groups in total. The van der Waals surface area contributed by atoms with Gasteiger partial charge in [-0.2, -0.15) is 0 Å². The molecule has 0 saturated heterocycles. The smallest absolute Gasteiger partial charge is 0.146 e. The van der Waals surface area contributed by atoms with E-state index in [1.165, 1.54) is 12.8 Å². The highest BCUT2D eigenvalue weighted by Gasteiger charge is 2.41. The van der Waals surface area contributed by atoms with E-state index in [0.717, 1.165) is 19.3 Å². The normalized spacial score (nSPS) is 12.5. The largest absolute Gasteiger partial charge is 0.396 e. The summed E-state index contributed by atoms with van der Waals surface area (Å²) in [6.45, 7) is 14.4. The Bertz CT molecular complexity index is 323. The molecule has 0 radical (unpaired) electrons. The standard InChI is InChI=1S/C19H36OSi/c1-17(2)21(18(3)4,19(5)6)16-14-12-10-8-7-9-11-13-15-20/h10,12,17-20H,7-9,11,13,15H2,1-6H3/b12-10-. The summed E-state index contributed by atoms with van der Waals surface area (Å²) in [6.07, 6.45) is 9.89. The Balaban J connectivity index is 4.49. The quantitative estimate of drug-likeness (QED) is 0.329. The predicted molar refractivity (Wildman–Crippen MR) is 98.1 cm³/mol. The van der Waals surface area contributed by atoms with E-state index in [4.69, 9.17) is 5.11 Å². The number of hydrogen-bond acceptors (Lipinski definition) is 1. The van der Waals surface area contributed by atoms with Crippen molar-refractivity contribution in [3.8, 4) is 11.5 Å². The molecule has 0 aliphatic rings. The van der Waals surface area contributed by atoms with Crippen molar-refractivity contribution >= 4 is 8.07 Å². The van der Waals surface area contributed by atoms with E-state index in [1.54, 1.807) is 0 Å². The lowest BCUT2D eigenvalue weighted by molar-refractivity contribution is 0.282. The molecule has 0 aliphatic carbocycles. The van der Waals surface area contributed by atoms with Crippen molar-refractivity contribution in [1.29, 1.82) is 0 Å². The van der Waals surface area contributed by atoms with Gasteiger partial charge in [-0.15, -0.1) is 5.54 Å². The fourth-order valence-electron chi connectivity index (χ4n) is 3.47. The monoisotopic (exact) mass is 308 g/mol. The first kappa shape index (κ1) is 20.5. The predicted octanol–water partition coefficient (Wildman–Crippen LogP) is 5.71. The molecule has 0 bridgehead atoms. The van der Waals surface area contributed by atoms with Crippen LogP contribution in [-0.4, -0.2) is 19.8 Å². The molecule has 0 aromatic rings. The highest BCUT2D eigenvalue weighted by atomic mass is 28.3. The Hall–Kier alpha value is -0.523. The van der Waals surface area contributed by atoms with Crippen molar-refractivity contribution in [3.05, 3.63) is 12.2 Å². The highest BCUT2D eigenvalue weighted by molar-refractivity contribution is 6.90. The maximum absolute atomic E-state index is 8.72. The van der Waals surface area contributed by atoms with E-state index in [1.807, 2.05) is 0 Å². The van der Waals surface area contributed by atoms with E-state index >= 15 is 0 Å². The third-order valence-electron chi connectivity index (χ3n) is 4.63. The molecule has 0 unspecified atom stereocenters. The third-order valence-corrected chi connectivity index (χ3v) is 10.9. The van der Waals surface area contributed by atoms with Crippen LogP contribution in [0, 0.1) is 11.5 Å². The Labute approximate surface area is 134 Å². The number of rotatable bonds is 9. The highest BCUT2D eigenvalue weighted by Crippen LogP contribution is 2.40. The first-order valence-corrected chi connectivity index (χ1v) is 10.9. The molecule has 0 amide bonds. The van der Waals surface area contributed by atoms with Crippen LogP contribution in [0.1, 0.15) is 73.6 Å². The third kappa shape index (κ3) is 6.85. The average Bonchev–Trinajstić information content (AvgIpc) is 2.39. The first-order valence-electron chi connectivity index (χ1n) is 8.68. The van der Waals surface area contributed by atoms with Gasteiger partial charge in [0.1, 0.15) is 8.07 Å². The van der Waals surface area contributed by atoms with Gasteiger partial charge in [-0.05, 0) is 42.0 Å². The van der Waals surface area contributed by atoms with E-state index in [2.05, 4.69) is 65.2 Å². The van der Waals surface area contributed by atoms with E-state index in [0.29, 0.717) is 23.2 Å². The van der Waals surface area contributed by atoms with Gasteiger partial charge >= 0.3 is 0 Å². The molecule has 1 nitrogen and oxygen atoms in total. The summed E-state index contributed by atoms with van der Waals surface area (Å²) in [5, 5.41) is 8.72. The molecule has 0 heterocycles. The van der Waals surface area contributed by atoms with Gasteiger partial charge in [-0.1, -0.05) is 66.4 Å². The number of aliphatic hydroxyl groups excluding tert-OH is 1. The average molecular weight is 309 g/mol. The number of aliphatic hydroxyl groups is 1. The molecule has 0 spiro atoms. The SMILES string of the molecule is CC(C)[Si](C#C/C=C\CCCCCCO)(C(C)C)C(C)C. The zero-order chi connectivity index (χ0) is 16.3. The topological polar surface area (TPSA) is 20.2 Å². The molecule has 0 fully saturated rings. The minimum atomic E-state index is -1.55. The fourth-order valence-corrected chi connectivity index (χ4v) is 8.67. The summed E-state index contributed by atoms with van der Waals surface area (Å²) in [6, 6.07) is 0. The van der Waals surface area contributed by atoms with Crippen LogP contribution in [0.5, 0.6) is 0 Å². The molecule has 0 saturated carbocycles. The van der Waals surface area contributed by atoms with Crippen molar-refractivity contribution in [3.63, 3.8) is 0 Å². The van der Waals surface area contributed by atoms with Crippen LogP contribution in [0.2, 0.25) is 16.6 Å². The summed E-state index contributed by atoms with van der Waals surface area (Å²) < 4.78 is 0. The molecule has 21 heavy (non-hydrogen) atoms. The van der Waals surface area contributed by atoms with Crippen molar-refractivity contribution < 1.29 is 5.11 Å². The number of allylic oxidation sites excluding steroid dienone is 2.